The molecule has 0 spiro atoms. The Balaban J connectivity index is 2.28. The number of ketones is 1. The lowest BCUT2D eigenvalue weighted by Gasteiger charge is -2.04. The summed E-state index contributed by atoms with van der Waals surface area (Å²) >= 11 is 0. The Morgan fingerprint density at radius 2 is 2.00 bits per heavy atom. The number of rotatable bonds is 4. The van der Waals surface area contributed by atoms with Crippen molar-refractivity contribution >= 4 is 17.3 Å². The van der Waals surface area contributed by atoms with Crippen molar-refractivity contribution in [3.8, 4) is 0 Å². The highest BCUT2D eigenvalue weighted by Crippen LogP contribution is 2.24. The van der Waals surface area contributed by atoms with Gasteiger partial charge in [0.2, 0.25) is 5.78 Å². The molecule has 0 N–H and O–H groups in total. The molecule has 0 radical (unpaired) electrons. The molecule has 0 aliphatic carbocycles. The molecule has 7 heteroatoms. The van der Waals surface area contributed by atoms with Crippen molar-refractivity contribution in [3.63, 3.8) is 0 Å². The van der Waals surface area contributed by atoms with Gasteiger partial charge in [0.05, 0.1) is 23.3 Å². The quantitative estimate of drug-likeness (QED) is 0.534. The lowest BCUT2D eigenvalue weighted by molar-refractivity contribution is 0.0528. The fraction of sp³-hybridized carbons (Fsp3) is 0.222. The predicted octanol–water partition coefficient (Wildman–Crippen LogP) is 1.75. The van der Waals surface area contributed by atoms with Crippen molar-refractivity contribution < 1.29 is 14.3 Å². The van der Waals surface area contributed by atoms with Crippen molar-refractivity contribution in [1.82, 2.24) is 14.2 Å². The normalized spacial score (nSPS) is 10.8. The summed E-state index contributed by atoms with van der Waals surface area (Å²) in [5, 5.41) is 4.18. The molecule has 7 nitrogen and oxygen atoms in total. The Morgan fingerprint density at radius 3 is 2.72 bits per heavy atom. The summed E-state index contributed by atoms with van der Waals surface area (Å²) in [6.45, 7) is 3.59. The first-order valence-corrected chi connectivity index (χ1v) is 7.81. The van der Waals surface area contributed by atoms with Crippen LogP contribution in [0.4, 0.5) is 0 Å². The summed E-state index contributed by atoms with van der Waals surface area (Å²) in [6, 6.07) is 6.45. The molecule has 3 aromatic rings. The molecule has 0 saturated heterocycles. The molecular weight excluding hydrogens is 322 g/mol. The Hall–Kier alpha value is -3.22. The van der Waals surface area contributed by atoms with Crippen LogP contribution in [0.25, 0.3) is 5.52 Å². The van der Waals surface area contributed by atoms with Crippen LogP contribution in [0.5, 0.6) is 0 Å². The van der Waals surface area contributed by atoms with E-state index >= 15 is 0 Å². The maximum absolute atomic E-state index is 13.0. The van der Waals surface area contributed by atoms with E-state index in [1.54, 1.807) is 45.3 Å². The summed E-state index contributed by atoms with van der Waals surface area (Å²) in [5.74, 6) is -1.01. The second kappa shape index (κ2) is 6.35. The van der Waals surface area contributed by atoms with Gasteiger partial charge in [-0.2, -0.15) is 5.10 Å². The number of fused-ring (bicyclic) bond motifs is 1. The lowest BCUT2D eigenvalue weighted by Crippen LogP contribution is -2.25. The maximum atomic E-state index is 13.0. The van der Waals surface area contributed by atoms with Gasteiger partial charge in [0.1, 0.15) is 5.69 Å². The maximum Gasteiger partial charge on any atom is 0.340 e. The van der Waals surface area contributed by atoms with Gasteiger partial charge in [0.15, 0.2) is 0 Å². The van der Waals surface area contributed by atoms with Crippen LogP contribution in [0.15, 0.2) is 41.5 Å². The Morgan fingerprint density at radius 1 is 1.24 bits per heavy atom. The van der Waals surface area contributed by atoms with Gasteiger partial charge in [0, 0.05) is 19.4 Å². The third-order valence-corrected chi connectivity index (χ3v) is 4.01. The van der Waals surface area contributed by atoms with Gasteiger partial charge in [-0.15, -0.1) is 0 Å². The minimum atomic E-state index is -0.523. The average molecular weight is 339 g/mol. The van der Waals surface area contributed by atoms with Crippen LogP contribution in [0.3, 0.4) is 0 Å². The number of aryl methyl sites for hydroxylation is 1. The molecule has 128 valence electrons. The van der Waals surface area contributed by atoms with E-state index in [0.717, 1.165) is 0 Å². The van der Waals surface area contributed by atoms with Gasteiger partial charge in [0.25, 0.3) is 5.56 Å². The highest BCUT2D eigenvalue weighted by atomic mass is 16.5. The average Bonchev–Trinajstić information content (AvgIpc) is 2.89. The molecular formula is C18H17N3O4. The second-order valence-electron chi connectivity index (χ2n) is 5.56. The molecule has 3 rings (SSSR count). The number of carbonyl (C=O) groups excluding carboxylic acids is 2. The van der Waals surface area contributed by atoms with E-state index in [1.807, 2.05) is 0 Å². The van der Waals surface area contributed by atoms with Crippen LogP contribution < -0.4 is 5.56 Å². The van der Waals surface area contributed by atoms with Crippen LogP contribution in [0, 0.1) is 6.92 Å². The molecule has 0 atom stereocenters. The van der Waals surface area contributed by atoms with Gasteiger partial charge in [-0.25, -0.2) is 9.31 Å². The van der Waals surface area contributed by atoms with Gasteiger partial charge in [-0.05, 0) is 43.7 Å². The largest absolute Gasteiger partial charge is 0.462 e. The van der Waals surface area contributed by atoms with E-state index in [2.05, 4.69) is 5.10 Å². The number of pyridine rings is 1. The smallest absolute Gasteiger partial charge is 0.340 e. The summed E-state index contributed by atoms with van der Waals surface area (Å²) in [4.78, 5) is 37.6. The van der Waals surface area contributed by atoms with E-state index < -0.39 is 17.3 Å². The molecule has 0 saturated carbocycles. The molecule has 0 fully saturated rings. The fourth-order valence-electron chi connectivity index (χ4n) is 2.83. The SMILES string of the molecule is CCOC(=O)c1c(C)c(C(=O)c2cccn(C)c2=O)n2ncccc12. The van der Waals surface area contributed by atoms with E-state index in [-0.39, 0.29) is 23.4 Å². The number of nitrogens with zero attached hydrogens (tertiary/aromatic N) is 3. The predicted molar refractivity (Wildman–Crippen MR) is 91.0 cm³/mol. The van der Waals surface area contributed by atoms with E-state index in [1.165, 1.54) is 21.3 Å². The molecule has 3 heterocycles. The molecule has 3 aromatic heterocycles. The van der Waals surface area contributed by atoms with Gasteiger partial charge in [-0.3, -0.25) is 9.59 Å². The van der Waals surface area contributed by atoms with Crippen molar-refractivity contribution in [3.05, 3.63) is 69.4 Å². The Labute approximate surface area is 143 Å². The second-order valence-corrected chi connectivity index (χ2v) is 5.56. The minimum absolute atomic E-state index is 0.0218. The van der Waals surface area contributed by atoms with E-state index in [4.69, 9.17) is 4.74 Å². The zero-order valence-electron chi connectivity index (χ0n) is 14.1. The van der Waals surface area contributed by atoms with Gasteiger partial charge in [-0.1, -0.05) is 0 Å². The highest BCUT2D eigenvalue weighted by Gasteiger charge is 2.27. The van der Waals surface area contributed by atoms with E-state index in [9.17, 15) is 14.4 Å². The summed E-state index contributed by atoms with van der Waals surface area (Å²) in [6.07, 6.45) is 3.09. The molecule has 0 bridgehead atoms. The van der Waals surface area contributed by atoms with Crippen molar-refractivity contribution in [2.45, 2.75) is 13.8 Å². The Kier molecular flexibility index (Phi) is 4.22. The third-order valence-electron chi connectivity index (χ3n) is 4.01. The zero-order chi connectivity index (χ0) is 18.1. The van der Waals surface area contributed by atoms with Crippen molar-refractivity contribution in [1.29, 1.82) is 0 Å². The topological polar surface area (TPSA) is 82.7 Å². The first kappa shape index (κ1) is 16.6. The number of hydrogen-bond acceptors (Lipinski definition) is 5. The third kappa shape index (κ3) is 2.63. The van der Waals surface area contributed by atoms with Crippen molar-refractivity contribution in [2.75, 3.05) is 6.61 Å². The summed E-state index contributed by atoms with van der Waals surface area (Å²) < 4.78 is 7.82. The molecule has 25 heavy (non-hydrogen) atoms. The zero-order valence-corrected chi connectivity index (χ0v) is 14.1. The van der Waals surface area contributed by atoms with Gasteiger partial charge < -0.3 is 9.30 Å². The molecule has 0 aliphatic rings. The monoisotopic (exact) mass is 339 g/mol. The summed E-state index contributed by atoms with van der Waals surface area (Å²) in [5.41, 5.74) is 0.986. The number of carbonyl (C=O) groups is 2. The first-order valence-electron chi connectivity index (χ1n) is 7.81. The summed E-state index contributed by atoms with van der Waals surface area (Å²) in [7, 11) is 1.57. The highest BCUT2D eigenvalue weighted by molar-refractivity contribution is 6.12. The van der Waals surface area contributed by atoms with Crippen molar-refractivity contribution in [2.24, 2.45) is 7.05 Å². The standard InChI is InChI=1S/C18H17N3O4/c1-4-25-18(24)14-11(2)15(21-13(14)8-5-9-19-21)16(22)12-7-6-10-20(3)17(12)23/h5-10H,4H2,1-3H3. The number of esters is 1. The minimum Gasteiger partial charge on any atom is -0.462 e. The molecule has 0 amide bonds. The number of ether oxygens (including phenoxy) is 1. The van der Waals surface area contributed by atoms with Crippen LogP contribution in [0.2, 0.25) is 0 Å². The van der Waals surface area contributed by atoms with E-state index in [0.29, 0.717) is 11.1 Å². The first-order chi connectivity index (χ1) is 12.0. The van der Waals surface area contributed by atoms with Gasteiger partial charge >= 0.3 is 5.97 Å². The number of aromatic nitrogens is 3. The van der Waals surface area contributed by atoms with Crippen LogP contribution in [-0.4, -0.2) is 32.5 Å². The van der Waals surface area contributed by atoms with Crippen LogP contribution in [-0.2, 0) is 11.8 Å². The van der Waals surface area contributed by atoms with Crippen LogP contribution in [0.1, 0.15) is 38.9 Å². The fourth-order valence-corrected chi connectivity index (χ4v) is 2.83. The van der Waals surface area contributed by atoms with Crippen LogP contribution >= 0.6 is 0 Å². The Bertz CT molecular complexity index is 1050. The number of hydrogen-bond donors (Lipinski definition) is 0. The lowest BCUT2D eigenvalue weighted by atomic mass is 10.0. The molecule has 0 aliphatic heterocycles. The molecule has 0 aromatic carbocycles. The molecule has 0 unspecified atom stereocenters.